The summed E-state index contributed by atoms with van der Waals surface area (Å²) in [5.41, 5.74) is 3.99. The van der Waals surface area contributed by atoms with Crippen molar-refractivity contribution in [1.82, 2.24) is 24.9 Å². The molecule has 6 aromatic rings. The number of hydrogen-bond donors (Lipinski definition) is 2. The van der Waals surface area contributed by atoms with Crippen molar-refractivity contribution in [2.45, 2.75) is 326 Å². The molecular weight excluding hydrogens is 1780 g/mol. The van der Waals surface area contributed by atoms with E-state index >= 15 is 0 Å². The minimum absolute atomic E-state index is 0. The fourth-order valence-corrected chi connectivity index (χ4v) is 22.0. The van der Waals surface area contributed by atoms with Crippen LogP contribution in [0.25, 0.3) is 4.85 Å². The first-order valence-corrected chi connectivity index (χ1v) is 47.2. The van der Waals surface area contributed by atoms with E-state index in [4.69, 9.17) is 92.8 Å². The number of carboxylic acid groups (broad SMARTS) is 1. The Labute approximate surface area is 833 Å². The van der Waals surface area contributed by atoms with Crippen molar-refractivity contribution in [3.63, 3.8) is 0 Å². The van der Waals surface area contributed by atoms with Crippen LogP contribution in [0.1, 0.15) is 331 Å². The van der Waals surface area contributed by atoms with Crippen LogP contribution in [0.5, 0.6) is 5.75 Å². The fourth-order valence-electron chi connectivity index (χ4n) is 21.1. The maximum atomic E-state index is 12.5. The number of nitriles is 4. The molecule has 12 fully saturated rings. The smallest absolute Gasteiger partial charge is 0.335 e. The molecule has 6 aliphatic carbocycles. The average Bonchev–Trinajstić information content (AvgIpc) is 1.25. The quantitative estimate of drug-likeness (QED) is 0.0336. The Balaban J connectivity index is 0.000000215. The molecule has 18 rings (SSSR count). The van der Waals surface area contributed by atoms with Gasteiger partial charge in [-0.1, -0.05) is 120 Å². The molecule has 0 amide bonds. The number of methoxy groups -OCH3 is 3. The lowest BCUT2D eigenvalue weighted by molar-refractivity contribution is -0.153. The number of Topliss-reactive ketones (excluding diaryl/α,β-unsaturated/α-hetero) is 2. The molecule has 12 heterocycles. The summed E-state index contributed by atoms with van der Waals surface area (Å²) in [7, 11) is 4.08. The Morgan fingerprint density at radius 3 is 1.32 bits per heavy atom. The van der Waals surface area contributed by atoms with Crippen molar-refractivity contribution < 1.29 is 104 Å². The van der Waals surface area contributed by atoms with Crippen LogP contribution in [0.3, 0.4) is 0 Å². The summed E-state index contributed by atoms with van der Waals surface area (Å²) in [5.74, 6) is -1.46. The highest BCUT2D eigenvalue weighted by molar-refractivity contribution is 9.10. The van der Waals surface area contributed by atoms with E-state index in [-0.39, 0.29) is 193 Å². The second-order valence-electron chi connectivity index (χ2n) is 35.7. The van der Waals surface area contributed by atoms with E-state index in [1.54, 1.807) is 19.2 Å². The second kappa shape index (κ2) is 54.7. The van der Waals surface area contributed by atoms with Gasteiger partial charge in [-0.25, -0.2) is 9.83 Å². The van der Waals surface area contributed by atoms with E-state index in [2.05, 4.69) is 62.6 Å². The summed E-state index contributed by atoms with van der Waals surface area (Å²) in [6.07, 6.45) is 32.8. The monoisotopic (exact) mass is 1940 g/mol. The molecule has 12 aliphatic rings. The summed E-state index contributed by atoms with van der Waals surface area (Å²) in [5, 5.41) is 45.0. The number of carbonyl (C=O) groups is 6. The normalized spacial score (nSPS) is 26.4. The molecular formula is C105H138BrN11O16S. The zero-order chi connectivity index (χ0) is 113. The predicted octanol–water partition coefficient (Wildman–Crippen LogP) is 20.6. The first kappa shape index (κ1) is 82.3. The Kier molecular flexibility index (Phi) is 33.6. The molecule has 722 valence electrons. The maximum Gasteiger partial charge on any atom is 0.335 e. The van der Waals surface area contributed by atoms with Crippen LogP contribution < -0.4 is 10.5 Å². The van der Waals surface area contributed by atoms with Crippen LogP contribution in [0.15, 0.2) is 149 Å². The second-order valence-corrected chi connectivity index (χ2v) is 37.4. The number of hydrogen-bond acceptors (Lipinski definition) is 26. The Morgan fingerprint density at radius 1 is 0.545 bits per heavy atom. The van der Waals surface area contributed by atoms with Gasteiger partial charge in [-0.3, -0.25) is 48.7 Å². The van der Waals surface area contributed by atoms with Crippen molar-refractivity contribution in [3.05, 3.63) is 188 Å². The van der Waals surface area contributed by atoms with Gasteiger partial charge in [0.05, 0.1) is 126 Å². The van der Waals surface area contributed by atoms with Gasteiger partial charge in [0.1, 0.15) is 26.8 Å². The minimum atomic E-state index is -1.23. The number of ether oxygens (including phenoxy) is 9. The SMILES string of the molecule is C.CC(=O)CC#N.COc1ccsc1C=O.O=C1CCOC2(CCCC2)C1.O=CO.[2H]c1nc(Br)c([2H])c([2H])c1[2H].[2H]c1nc(C2(C(C#N)C(=O)OC)CCOC3(CCCC3)C2)c([2H])c([2H])c1[2H].[2H]c1nc(C2(CC#N)CCOC3(CCCC3)C2)c([2H])c([2H])c1[2H].[2H]c1nc([C@]2(CC#N)CCOC3(CCCC3)C2)c([2H])c([2H])c1[2H].[2H]c1nc([C@]2(CCN)CCOC3(CCCC3)C2)c([2H])c([2H])c1[2H].[C-]#[N+]/C(C(=O)OC)=C1\CCOC2(CCCC2)C1. The van der Waals surface area contributed by atoms with Crippen LogP contribution >= 0.6 is 27.3 Å². The molecule has 0 aromatic carbocycles. The predicted molar refractivity (Wildman–Crippen MR) is 512 cm³/mol. The lowest BCUT2D eigenvalue weighted by atomic mass is 9.63. The highest BCUT2D eigenvalue weighted by Gasteiger charge is 2.57. The number of ketones is 2. The molecule has 0 radical (unpaired) electrons. The Hall–Kier alpha value is -9.94. The zero-order valence-electron chi connectivity index (χ0n) is 96.5. The molecule has 134 heavy (non-hydrogen) atoms. The van der Waals surface area contributed by atoms with Gasteiger partial charge in [-0.15, -0.1) is 11.3 Å². The van der Waals surface area contributed by atoms with Crippen LogP contribution in [0.4, 0.5) is 0 Å². The maximum absolute atomic E-state index is 12.5. The van der Waals surface area contributed by atoms with Crippen molar-refractivity contribution in [2.75, 3.05) is 67.5 Å². The largest absolute Gasteiger partial charge is 0.495 e. The highest BCUT2D eigenvalue weighted by Crippen LogP contribution is 2.55. The van der Waals surface area contributed by atoms with E-state index in [0.717, 1.165) is 153 Å². The molecule has 6 aliphatic heterocycles. The fraction of sp³-hybridized carbons (Fsp3) is 0.600. The number of rotatable bonds is 14. The van der Waals surface area contributed by atoms with E-state index in [0.29, 0.717) is 144 Å². The molecule has 0 bridgehead atoms. The number of nitrogens with zero attached hydrogens (tertiary/aromatic N) is 10. The first-order valence-electron chi connectivity index (χ1n) is 55.6. The van der Waals surface area contributed by atoms with Crippen molar-refractivity contribution in [3.8, 4) is 30.0 Å². The van der Waals surface area contributed by atoms with E-state index in [9.17, 15) is 39.8 Å². The number of aldehydes is 1. The number of aromatic nitrogens is 5. The third-order valence-electron chi connectivity index (χ3n) is 27.3. The van der Waals surface area contributed by atoms with Crippen LogP contribution in [0.2, 0.25) is 0 Å². The Bertz CT molecular complexity index is 6010. The Morgan fingerprint density at radius 2 is 0.933 bits per heavy atom. The number of pyridine rings is 5. The number of carbonyl (C=O) groups excluding carboxylic acids is 5. The van der Waals surface area contributed by atoms with E-state index in [1.807, 2.05) is 11.4 Å². The third-order valence-corrected chi connectivity index (χ3v) is 28.5. The lowest BCUT2D eigenvalue weighted by Crippen LogP contribution is -2.52. The lowest BCUT2D eigenvalue weighted by Gasteiger charge is -2.47. The molecule has 6 aromatic heterocycles. The molecule has 29 heteroatoms. The first-order chi connectivity index (χ1) is 72.7. The highest BCUT2D eigenvalue weighted by atomic mass is 79.9. The number of nitrogens with two attached hydrogens (primary N) is 1. The van der Waals surface area contributed by atoms with Gasteiger partial charge in [0.25, 0.3) is 12.2 Å². The molecule has 3 N–H and O–H groups in total. The van der Waals surface area contributed by atoms with E-state index < -0.39 is 63.4 Å². The summed E-state index contributed by atoms with van der Waals surface area (Å²) >= 11 is 4.29. The molecule has 6 saturated heterocycles. The van der Waals surface area contributed by atoms with Gasteiger partial charge in [0.2, 0.25) is 0 Å². The number of esters is 2. The van der Waals surface area contributed by atoms with E-state index in [1.165, 1.54) is 58.2 Å². The zero-order valence-corrected chi connectivity index (χ0v) is 78.9. The summed E-state index contributed by atoms with van der Waals surface area (Å²) in [4.78, 5) is 87.7. The minimum Gasteiger partial charge on any atom is -0.495 e. The molecule has 6 spiro atoms. The van der Waals surface area contributed by atoms with Crippen molar-refractivity contribution in [2.24, 2.45) is 11.7 Å². The summed E-state index contributed by atoms with van der Waals surface area (Å²) < 4.78 is 206. The molecule has 27 nitrogen and oxygen atoms in total. The van der Waals surface area contributed by atoms with Gasteiger partial charge >= 0.3 is 11.9 Å². The van der Waals surface area contributed by atoms with Crippen LogP contribution in [0, 0.1) is 57.8 Å². The summed E-state index contributed by atoms with van der Waals surface area (Å²) in [6, 6.07) is 6.13. The van der Waals surface area contributed by atoms with Gasteiger partial charge in [-0.05, 0) is 249 Å². The van der Waals surface area contributed by atoms with Gasteiger partial charge in [-0.2, -0.15) is 21.0 Å². The molecule has 6 saturated carbocycles. The molecule has 3 unspecified atom stereocenters. The molecule has 5 atom stereocenters. The van der Waals surface area contributed by atoms with Crippen molar-refractivity contribution in [1.29, 1.82) is 21.0 Å². The van der Waals surface area contributed by atoms with Gasteiger partial charge < -0.3 is 53.5 Å². The van der Waals surface area contributed by atoms with Crippen molar-refractivity contribution >= 4 is 63.5 Å². The number of thiophene rings is 1. The van der Waals surface area contributed by atoms with Crippen LogP contribution in [-0.2, 0) is 83.5 Å². The van der Waals surface area contributed by atoms with Crippen LogP contribution in [-0.4, -0.2) is 167 Å². The summed E-state index contributed by atoms with van der Waals surface area (Å²) in [6.45, 7) is 11.9. The third kappa shape index (κ3) is 30.3. The standard InChI is InChI=1S/C18H22N2O3.C16H24N2O.2C16H20N2O.C13H17NO3.C9H14O2.C6H6O2S.C5H4BrN.C4H5NO.CH2O2.CH4/c1-22-16(21)14(12-19)18(15-6-2-5-10-20-15)9-11-23-17(13-18)7-3-4-8-17;3*17-10-8-15(14-5-1-4-11-18-14)9-12-19-16(13-15)6-2-3-7-16;1-14-11(12(15)16-2)10-5-8-17-13(9-10)6-3-4-7-13;10-8-3-6-11-9(7-8)4-1-2-5-9;1-8-5-2-3-9-6(5)4-7;6-5-3-1-2-4-7-5;1-4(6)2-3-5;2-1-3;/h2,5-6,10,14H,3-4,7-9,11,13H2,1H3;1,4-5,11H,2-3,6-10,12-13,17H2;2*1,4-5,11H,2-3,6-9,12-13H2;3-9H2,2H3;1-7H2;2-4H,1H3;1-4H;2H2,1H3;1H,(H,2,3);1H4/b;;;;11-10+;;;;;;/t;2*15-;;;;;;;;/m.11......../s1/i2D,5D,6D,10D;3*1D,4D,5D,11D;;;;1D,2D,3D,4D;;;. The topological polar surface area (TPSA) is 396 Å². The average molecular weight is 1940 g/mol. The number of halogens is 1. The van der Waals surface area contributed by atoms with Gasteiger partial charge in [0, 0.05) is 134 Å². The van der Waals surface area contributed by atoms with Gasteiger partial charge in [0.15, 0.2) is 12.2 Å².